The molecule has 5 atom stereocenters. The van der Waals surface area contributed by atoms with Crippen molar-refractivity contribution in [2.45, 2.75) is 30.7 Å². The Hall–Kier alpha value is -2.23. The molecule has 0 aromatic heterocycles. The highest BCUT2D eigenvalue weighted by atomic mass is 32.1. The topological polar surface area (TPSA) is 97.6 Å². The third-order valence-corrected chi connectivity index (χ3v) is 4.17. The number of benzene rings is 2. The largest absolute Gasteiger partial charge is 0.462 e. The molecule has 1 aliphatic rings. The van der Waals surface area contributed by atoms with Crippen LogP contribution in [0.5, 0.6) is 11.5 Å². The maximum atomic E-state index is 10.6. The van der Waals surface area contributed by atoms with Crippen LogP contribution in [0, 0.1) is 0 Å². The standard InChI is InChI=1S/C19H20O7S/c20-11-14-15(21)17(26-19(27)24-13-9-5-2-6-10-13)16(22)18(25-14)23-12-7-3-1-4-8-12/h1-10,14-18,20-22H,11H2/t14-,15-,16+,17+,18-/m1/s1. The molecule has 1 saturated heterocycles. The Labute approximate surface area is 161 Å². The first-order valence-corrected chi connectivity index (χ1v) is 8.77. The summed E-state index contributed by atoms with van der Waals surface area (Å²) in [5.74, 6) is 0.908. The number of thiocarbonyl (C=S) groups is 1. The third-order valence-electron chi connectivity index (χ3n) is 3.99. The van der Waals surface area contributed by atoms with Crippen molar-refractivity contribution in [2.24, 2.45) is 0 Å². The van der Waals surface area contributed by atoms with Gasteiger partial charge in [0.2, 0.25) is 6.29 Å². The van der Waals surface area contributed by atoms with Gasteiger partial charge in [-0.25, -0.2) is 0 Å². The molecule has 0 radical (unpaired) electrons. The van der Waals surface area contributed by atoms with Crippen molar-refractivity contribution in [3.63, 3.8) is 0 Å². The summed E-state index contributed by atoms with van der Waals surface area (Å²) in [4.78, 5) is 0. The van der Waals surface area contributed by atoms with Crippen LogP contribution in [0.25, 0.3) is 0 Å². The van der Waals surface area contributed by atoms with Gasteiger partial charge in [0.05, 0.1) is 6.61 Å². The molecule has 1 heterocycles. The van der Waals surface area contributed by atoms with Crippen LogP contribution in [-0.2, 0) is 9.47 Å². The van der Waals surface area contributed by atoms with Crippen LogP contribution in [0.1, 0.15) is 0 Å². The molecule has 8 heteroatoms. The molecule has 2 aromatic rings. The molecule has 7 nitrogen and oxygen atoms in total. The van der Waals surface area contributed by atoms with Gasteiger partial charge in [0.15, 0.2) is 12.2 Å². The smallest absolute Gasteiger partial charge is 0.358 e. The molecule has 3 rings (SSSR count). The summed E-state index contributed by atoms with van der Waals surface area (Å²) < 4.78 is 21.9. The molecule has 0 saturated carbocycles. The van der Waals surface area contributed by atoms with Gasteiger partial charge in [0.1, 0.15) is 23.7 Å². The molecule has 144 valence electrons. The average Bonchev–Trinajstić information content (AvgIpc) is 2.69. The Balaban J connectivity index is 1.70. The highest BCUT2D eigenvalue weighted by Crippen LogP contribution is 2.26. The van der Waals surface area contributed by atoms with Gasteiger partial charge in [-0.05, 0) is 24.3 Å². The number of ether oxygens (including phenoxy) is 4. The van der Waals surface area contributed by atoms with Crippen molar-refractivity contribution in [1.29, 1.82) is 0 Å². The van der Waals surface area contributed by atoms with Gasteiger partial charge >= 0.3 is 5.24 Å². The van der Waals surface area contributed by atoms with E-state index in [1.54, 1.807) is 48.5 Å². The van der Waals surface area contributed by atoms with Gasteiger partial charge in [-0.2, -0.15) is 0 Å². The number of hydrogen-bond acceptors (Lipinski definition) is 8. The number of hydrogen-bond donors (Lipinski definition) is 3. The first-order valence-electron chi connectivity index (χ1n) is 8.36. The summed E-state index contributed by atoms with van der Waals surface area (Å²) in [5, 5.41) is 30.1. The lowest BCUT2D eigenvalue weighted by Crippen LogP contribution is -2.61. The highest BCUT2D eigenvalue weighted by Gasteiger charge is 2.47. The zero-order valence-electron chi connectivity index (χ0n) is 14.3. The molecular formula is C19H20O7S. The van der Waals surface area contributed by atoms with E-state index in [4.69, 9.17) is 31.2 Å². The molecule has 0 bridgehead atoms. The summed E-state index contributed by atoms with van der Waals surface area (Å²) in [6.45, 7) is -0.491. The molecule has 27 heavy (non-hydrogen) atoms. The quantitative estimate of drug-likeness (QED) is 0.655. The number of para-hydroxylation sites is 2. The predicted molar refractivity (Wildman–Crippen MR) is 99.4 cm³/mol. The molecule has 2 aromatic carbocycles. The maximum Gasteiger partial charge on any atom is 0.358 e. The number of aliphatic hydroxyl groups is 3. The summed E-state index contributed by atoms with van der Waals surface area (Å²) in [6.07, 6.45) is -6.11. The van der Waals surface area contributed by atoms with Gasteiger partial charge in [-0.3, -0.25) is 0 Å². The van der Waals surface area contributed by atoms with E-state index in [2.05, 4.69) is 0 Å². The molecule has 0 unspecified atom stereocenters. The summed E-state index contributed by atoms with van der Waals surface area (Å²) in [6, 6.07) is 17.4. The van der Waals surface area contributed by atoms with E-state index in [9.17, 15) is 15.3 Å². The molecule has 0 spiro atoms. The first-order chi connectivity index (χ1) is 13.1. The van der Waals surface area contributed by atoms with Crippen LogP contribution in [-0.4, -0.2) is 57.9 Å². The molecule has 1 aliphatic heterocycles. The summed E-state index contributed by atoms with van der Waals surface area (Å²) >= 11 is 5.06. The maximum absolute atomic E-state index is 10.6. The molecular weight excluding hydrogens is 372 g/mol. The highest BCUT2D eigenvalue weighted by molar-refractivity contribution is 7.79. The average molecular weight is 392 g/mol. The predicted octanol–water partition coefficient (Wildman–Crippen LogP) is 1.25. The second-order valence-corrected chi connectivity index (χ2v) is 6.22. The monoisotopic (exact) mass is 392 g/mol. The normalized spacial score (nSPS) is 27.6. The Morgan fingerprint density at radius 1 is 0.926 bits per heavy atom. The van der Waals surface area contributed by atoms with Gasteiger partial charge in [-0.1, -0.05) is 36.4 Å². The van der Waals surface area contributed by atoms with Crippen molar-refractivity contribution in [1.82, 2.24) is 0 Å². The van der Waals surface area contributed by atoms with Gasteiger partial charge in [-0.15, -0.1) is 0 Å². The van der Waals surface area contributed by atoms with E-state index in [0.717, 1.165) is 0 Å². The lowest BCUT2D eigenvalue weighted by Gasteiger charge is -2.41. The van der Waals surface area contributed by atoms with E-state index in [0.29, 0.717) is 11.5 Å². The van der Waals surface area contributed by atoms with Crippen LogP contribution in [0.4, 0.5) is 0 Å². The first kappa shape index (κ1) is 19.5. The van der Waals surface area contributed by atoms with Crippen molar-refractivity contribution >= 4 is 17.5 Å². The van der Waals surface area contributed by atoms with E-state index >= 15 is 0 Å². The van der Waals surface area contributed by atoms with Crippen molar-refractivity contribution in [3.8, 4) is 11.5 Å². The van der Waals surface area contributed by atoms with E-state index in [-0.39, 0.29) is 5.24 Å². The van der Waals surface area contributed by atoms with E-state index in [1.165, 1.54) is 0 Å². The Kier molecular flexibility index (Phi) is 6.59. The SMILES string of the molecule is OC[C@H]1O[C@@H](Oc2ccccc2)[C@@H](O)[C@@H](OC(=S)Oc2ccccc2)[C@@H]1O. The molecule has 1 fully saturated rings. The molecule has 3 N–H and O–H groups in total. The van der Waals surface area contributed by atoms with E-state index in [1.807, 2.05) is 12.1 Å². The van der Waals surface area contributed by atoms with Crippen LogP contribution >= 0.6 is 12.2 Å². The third kappa shape index (κ3) is 4.94. The van der Waals surface area contributed by atoms with Crippen LogP contribution in [0.3, 0.4) is 0 Å². The minimum atomic E-state index is -1.37. The Morgan fingerprint density at radius 2 is 1.52 bits per heavy atom. The Morgan fingerprint density at radius 3 is 2.11 bits per heavy atom. The van der Waals surface area contributed by atoms with Gasteiger partial charge in [0.25, 0.3) is 0 Å². The minimum absolute atomic E-state index is 0.277. The second-order valence-electron chi connectivity index (χ2n) is 5.89. The summed E-state index contributed by atoms with van der Waals surface area (Å²) in [5.41, 5.74) is 0. The zero-order valence-corrected chi connectivity index (χ0v) is 15.1. The Bertz CT molecular complexity index is 727. The van der Waals surface area contributed by atoms with Crippen LogP contribution in [0.15, 0.2) is 60.7 Å². The van der Waals surface area contributed by atoms with Gasteiger partial charge < -0.3 is 34.3 Å². The van der Waals surface area contributed by atoms with Crippen molar-refractivity contribution in [2.75, 3.05) is 6.61 Å². The second kappa shape index (κ2) is 9.12. The van der Waals surface area contributed by atoms with Crippen LogP contribution < -0.4 is 9.47 Å². The summed E-state index contributed by atoms with van der Waals surface area (Å²) in [7, 11) is 0. The number of aliphatic hydroxyl groups excluding tert-OH is 3. The fraction of sp³-hybridized carbons (Fsp3) is 0.316. The lowest BCUT2D eigenvalue weighted by molar-refractivity contribution is -0.275. The van der Waals surface area contributed by atoms with Crippen molar-refractivity contribution in [3.05, 3.63) is 60.7 Å². The lowest BCUT2D eigenvalue weighted by atomic mass is 9.99. The number of rotatable bonds is 5. The fourth-order valence-electron chi connectivity index (χ4n) is 2.64. The zero-order chi connectivity index (χ0) is 19.2. The van der Waals surface area contributed by atoms with Crippen molar-refractivity contribution < 1.29 is 34.3 Å². The van der Waals surface area contributed by atoms with E-state index < -0.39 is 37.3 Å². The molecule has 0 aliphatic carbocycles. The van der Waals surface area contributed by atoms with Crippen LogP contribution in [0.2, 0.25) is 0 Å². The fourth-order valence-corrected chi connectivity index (χ4v) is 2.85. The molecule has 0 amide bonds. The minimum Gasteiger partial charge on any atom is -0.462 e. The van der Waals surface area contributed by atoms with Gasteiger partial charge in [0, 0.05) is 12.2 Å².